The second kappa shape index (κ2) is 8.35. The van der Waals surface area contributed by atoms with E-state index in [1.165, 1.54) is 12.3 Å². The van der Waals surface area contributed by atoms with Gasteiger partial charge in [0.2, 0.25) is 0 Å². The number of morpholine rings is 1. The van der Waals surface area contributed by atoms with Crippen LogP contribution in [0.5, 0.6) is 0 Å². The number of nitrogens with zero attached hydrogens (tertiary/aromatic N) is 5. The number of carbonyl (C=O) groups is 1. The maximum Gasteiger partial charge on any atom is 0.339 e. The molecule has 0 unspecified atom stereocenters. The molecule has 2 aromatic heterocycles. The van der Waals surface area contributed by atoms with Gasteiger partial charge in [-0.25, -0.2) is 14.2 Å². The number of nitrogens with one attached hydrogen (secondary N) is 2. The fourth-order valence-electron chi connectivity index (χ4n) is 4.10. The number of fused-ring (bicyclic) bond motifs is 1. The number of benzene rings is 1. The van der Waals surface area contributed by atoms with Gasteiger partial charge in [-0.15, -0.1) is 0 Å². The molecule has 0 spiro atoms. The van der Waals surface area contributed by atoms with E-state index in [4.69, 9.17) is 16.5 Å². The molecule has 5 rings (SSSR count). The van der Waals surface area contributed by atoms with E-state index in [0.29, 0.717) is 73.3 Å². The van der Waals surface area contributed by atoms with Crippen LogP contribution >= 0.6 is 11.8 Å². The summed E-state index contributed by atoms with van der Waals surface area (Å²) in [6.45, 7) is 3.76. The first-order valence-corrected chi connectivity index (χ1v) is 10.8. The molecule has 164 valence electrons. The zero-order valence-corrected chi connectivity index (χ0v) is 17.7. The van der Waals surface area contributed by atoms with Crippen molar-refractivity contribution in [2.75, 3.05) is 48.7 Å². The number of hydrogen-bond acceptors (Lipinski definition) is 5. The molecule has 9 nitrogen and oxygen atoms in total. The molecule has 0 saturated carbocycles. The number of likely N-dealkylation sites (tertiary alicyclic amines) is 1. The average Bonchev–Trinajstić information content (AvgIpc) is 3.45. The first-order chi connectivity index (χ1) is 15.1. The molecule has 2 aliphatic rings. The van der Waals surface area contributed by atoms with Gasteiger partial charge in [0.1, 0.15) is 17.2 Å². The van der Waals surface area contributed by atoms with Crippen molar-refractivity contribution in [1.82, 2.24) is 25.1 Å². The average molecular weight is 448 g/mol. The summed E-state index contributed by atoms with van der Waals surface area (Å²) in [4.78, 5) is 24.2. The highest BCUT2D eigenvalue weighted by atomic mass is 35.5. The van der Waals surface area contributed by atoms with Crippen LogP contribution in [-0.4, -0.2) is 70.5 Å². The molecule has 0 aliphatic carbocycles. The van der Waals surface area contributed by atoms with E-state index < -0.39 is 0 Å². The molecular weight excluding hydrogens is 425 g/mol. The van der Waals surface area contributed by atoms with Gasteiger partial charge in [-0.2, -0.15) is 9.52 Å². The highest BCUT2D eigenvalue weighted by Gasteiger charge is 2.27. The summed E-state index contributed by atoms with van der Waals surface area (Å²) >= 11 is 6.40. The SMILES string of the molecule is O=C(N1CCCCC1)N(Cl)c1cn[nH]c1-c1nc2cc(N3CCOCC3)c(F)cc2[nH]1. The van der Waals surface area contributed by atoms with Gasteiger partial charge in [-0.1, -0.05) is 0 Å². The third-order valence-corrected chi connectivity index (χ3v) is 6.09. The Morgan fingerprint density at radius 1 is 1.16 bits per heavy atom. The largest absolute Gasteiger partial charge is 0.378 e. The predicted octanol–water partition coefficient (Wildman–Crippen LogP) is 3.49. The minimum atomic E-state index is -0.325. The van der Waals surface area contributed by atoms with Crippen LogP contribution in [0.15, 0.2) is 18.3 Å². The molecule has 31 heavy (non-hydrogen) atoms. The maximum absolute atomic E-state index is 14.7. The Kier molecular flexibility index (Phi) is 5.41. The van der Waals surface area contributed by atoms with Crippen molar-refractivity contribution in [2.24, 2.45) is 0 Å². The molecule has 2 aliphatic heterocycles. The third-order valence-electron chi connectivity index (χ3n) is 5.76. The van der Waals surface area contributed by atoms with E-state index in [9.17, 15) is 9.18 Å². The summed E-state index contributed by atoms with van der Waals surface area (Å²) in [5, 5.41) is 6.90. The van der Waals surface area contributed by atoms with Crippen molar-refractivity contribution in [3.63, 3.8) is 0 Å². The Morgan fingerprint density at radius 2 is 1.94 bits per heavy atom. The van der Waals surface area contributed by atoms with Crippen LogP contribution in [0.2, 0.25) is 0 Å². The lowest BCUT2D eigenvalue weighted by Crippen LogP contribution is -2.41. The number of aromatic amines is 2. The molecule has 2 fully saturated rings. The number of imidazole rings is 1. The van der Waals surface area contributed by atoms with Gasteiger partial charge in [0, 0.05) is 44.0 Å². The highest BCUT2D eigenvalue weighted by molar-refractivity contribution is 6.37. The van der Waals surface area contributed by atoms with Crippen LogP contribution < -0.4 is 9.32 Å². The van der Waals surface area contributed by atoms with Gasteiger partial charge in [0.25, 0.3) is 0 Å². The van der Waals surface area contributed by atoms with Gasteiger partial charge in [-0.05, 0) is 25.3 Å². The van der Waals surface area contributed by atoms with E-state index >= 15 is 0 Å². The standard InChI is InChI=1S/C20H23ClFN7O2/c21-29(20(30)28-4-2-1-3-5-28)17-12-23-26-18(17)19-24-14-10-13(22)16(11-15(14)25-19)27-6-8-31-9-7-27/h10-12H,1-9H2,(H,23,26)(H,24,25). The van der Waals surface area contributed by atoms with Crippen molar-refractivity contribution in [2.45, 2.75) is 19.3 Å². The Labute approximate surface area is 183 Å². The number of halogens is 2. The number of piperidine rings is 1. The fraction of sp³-hybridized carbons (Fsp3) is 0.450. The topological polar surface area (TPSA) is 93.4 Å². The molecule has 3 aromatic rings. The number of ether oxygens (including phenoxy) is 1. The smallest absolute Gasteiger partial charge is 0.339 e. The number of urea groups is 1. The summed E-state index contributed by atoms with van der Waals surface area (Å²) in [6, 6.07) is 2.87. The first kappa shape index (κ1) is 20.1. The van der Waals surface area contributed by atoms with Crippen LogP contribution in [0, 0.1) is 5.82 Å². The summed E-state index contributed by atoms with van der Waals surface area (Å²) in [5.74, 6) is 0.104. The lowest BCUT2D eigenvalue weighted by Gasteiger charge is -2.29. The van der Waals surface area contributed by atoms with Crippen molar-refractivity contribution < 1.29 is 13.9 Å². The lowest BCUT2D eigenvalue weighted by atomic mass is 10.1. The van der Waals surface area contributed by atoms with Crippen LogP contribution in [0.25, 0.3) is 22.6 Å². The third kappa shape index (κ3) is 3.81. The zero-order chi connectivity index (χ0) is 21.4. The maximum atomic E-state index is 14.7. The van der Waals surface area contributed by atoms with E-state index in [-0.39, 0.29) is 11.8 Å². The molecule has 0 atom stereocenters. The normalized spacial score (nSPS) is 17.4. The molecule has 0 radical (unpaired) electrons. The Morgan fingerprint density at radius 3 is 2.71 bits per heavy atom. The number of anilines is 2. The number of H-pyrrole nitrogens is 2. The van der Waals surface area contributed by atoms with Crippen molar-refractivity contribution in [3.8, 4) is 11.5 Å². The molecule has 0 bridgehead atoms. The number of carbonyl (C=O) groups excluding carboxylic acids is 1. The predicted molar refractivity (Wildman–Crippen MR) is 116 cm³/mol. The molecule has 2 saturated heterocycles. The van der Waals surface area contributed by atoms with Crippen LogP contribution in [0.3, 0.4) is 0 Å². The summed E-state index contributed by atoms with van der Waals surface area (Å²) in [5.41, 5.74) is 2.52. The lowest BCUT2D eigenvalue weighted by molar-refractivity contribution is 0.122. The number of aromatic nitrogens is 4. The van der Waals surface area contributed by atoms with Crippen molar-refractivity contribution in [3.05, 3.63) is 24.1 Å². The summed E-state index contributed by atoms with van der Waals surface area (Å²) in [6.07, 6.45) is 4.53. The minimum absolute atomic E-state index is 0.291. The fourth-order valence-corrected chi connectivity index (χ4v) is 4.33. The zero-order valence-electron chi connectivity index (χ0n) is 16.9. The first-order valence-electron chi connectivity index (χ1n) is 10.4. The second-order valence-corrected chi connectivity index (χ2v) is 8.09. The van der Waals surface area contributed by atoms with Crippen LogP contribution in [-0.2, 0) is 4.74 Å². The molecule has 1 aromatic carbocycles. The van der Waals surface area contributed by atoms with Crippen LogP contribution in [0.1, 0.15) is 19.3 Å². The Bertz CT molecular complexity index is 1090. The van der Waals surface area contributed by atoms with Crippen molar-refractivity contribution >= 4 is 40.2 Å². The number of amides is 2. The molecule has 11 heteroatoms. The summed E-state index contributed by atoms with van der Waals surface area (Å²) < 4.78 is 21.2. The molecule has 2 amide bonds. The minimum Gasteiger partial charge on any atom is -0.378 e. The molecular formula is C20H23ClFN7O2. The number of hydrogen-bond donors (Lipinski definition) is 2. The Hall–Kier alpha value is -2.85. The van der Waals surface area contributed by atoms with Gasteiger partial charge < -0.3 is 19.5 Å². The molecule has 2 N–H and O–H groups in total. The summed E-state index contributed by atoms with van der Waals surface area (Å²) in [7, 11) is 0. The highest BCUT2D eigenvalue weighted by Crippen LogP contribution is 2.32. The van der Waals surface area contributed by atoms with E-state index in [0.717, 1.165) is 23.7 Å². The van der Waals surface area contributed by atoms with Gasteiger partial charge in [0.05, 0.1) is 36.1 Å². The van der Waals surface area contributed by atoms with Crippen LogP contribution in [0.4, 0.5) is 20.6 Å². The molecule has 4 heterocycles. The quantitative estimate of drug-likeness (QED) is 0.599. The Balaban J connectivity index is 1.45. The van der Waals surface area contributed by atoms with E-state index in [1.54, 1.807) is 11.0 Å². The van der Waals surface area contributed by atoms with E-state index in [2.05, 4.69) is 20.2 Å². The monoisotopic (exact) mass is 447 g/mol. The van der Waals surface area contributed by atoms with Gasteiger partial charge in [-0.3, -0.25) is 5.10 Å². The van der Waals surface area contributed by atoms with E-state index in [1.807, 2.05) is 4.90 Å². The van der Waals surface area contributed by atoms with Gasteiger partial charge in [0.15, 0.2) is 5.82 Å². The van der Waals surface area contributed by atoms with Gasteiger partial charge >= 0.3 is 6.03 Å². The number of rotatable bonds is 3. The van der Waals surface area contributed by atoms with Crippen molar-refractivity contribution in [1.29, 1.82) is 0 Å². The second-order valence-electron chi connectivity index (χ2n) is 7.75.